The molecule has 0 fully saturated rings. The van der Waals surface area contributed by atoms with Crippen molar-refractivity contribution in [3.05, 3.63) is 29.3 Å². The van der Waals surface area contributed by atoms with E-state index in [0.717, 1.165) is 18.5 Å². The predicted octanol–water partition coefficient (Wildman–Crippen LogP) is 2.83. The fourth-order valence-corrected chi connectivity index (χ4v) is 3.97. The van der Waals surface area contributed by atoms with E-state index in [-0.39, 0.29) is 42.2 Å². The van der Waals surface area contributed by atoms with E-state index in [0.29, 0.717) is 13.1 Å². The molecule has 3 N–H and O–H groups in total. The Morgan fingerprint density at radius 1 is 1.12 bits per heavy atom. The first-order chi connectivity index (χ1) is 11.4. The van der Waals surface area contributed by atoms with Gasteiger partial charge in [0.25, 0.3) is 0 Å². The molecule has 8 heteroatoms. The Bertz CT molecular complexity index is 636. The Kier molecular flexibility index (Phi) is 11.3. The van der Waals surface area contributed by atoms with Gasteiger partial charge in [0.2, 0.25) is 10.0 Å². The van der Waals surface area contributed by atoms with Gasteiger partial charge >= 0.3 is 0 Å². The quantitative estimate of drug-likeness (QED) is 0.322. The molecule has 0 radical (unpaired) electrons. The van der Waals surface area contributed by atoms with Crippen LogP contribution in [0.15, 0.2) is 23.2 Å². The molecule has 1 rings (SSSR count). The van der Waals surface area contributed by atoms with Crippen molar-refractivity contribution < 1.29 is 8.42 Å². The molecule has 6 nitrogen and oxygen atoms in total. The highest BCUT2D eigenvalue weighted by molar-refractivity contribution is 14.0. The summed E-state index contributed by atoms with van der Waals surface area (Å²) in [5, 5.41) is 3.14. The van der Waals surface area contributed by atoms with Crippen molar-refractivity contribution in [2.45, 2.75) is 40.5 Å². The predicted molar refractivity (Wildman–Crippen MR) is 117 cm³/mol. The summed E-state index contributed by atoms with van der Waals surface area (Å²) in [6, 6.07) is 6.14. The molecule has 1 aromatic carbocycles. The first kappa shape index (κ1) is 24.1. The molecule has 1 aromatic rings. The van der Waals surface area contributed by atoms with Crippen molar-refractivity contribution >= 4 is 45.6 Å². The van der Waals surface area contributed by atoms with Crippen LogP contribution in [0.2, 0.25) is 0 Å². The van der Waals surface area contributed by atoms with Crippen molar-refractivity contribution in [1.29, 1.82) is 0 Å². The largest absolute Gasteiger partial charge is 0.370 e. The fourth-order valence-electron chi connectivity index (χ4n) is 2.60. The Morgan fingerprint density at radius 3 is 2.08 bits per heavy atom. The summed E-state index contributed by atoms with van der Waals surface area (Å²) in [7, 11) is -3.27. The number of halogens is 1. The zero-order valence-corrected chi connectivity index (χ0v) is 18.7. The van der Waals surface area contributed by atoms with E-state index in [1.165, 1.54) is 15.4 Å². The van der Waals surface area contributed by atoms with Crippen molar-refractivity contribution in [2.75, 3.05) is 30.7 Å². The smallest absolute Gasteiger partial charge is 0.215 e. The van der Waals surface area contributed by atoms with Crippen molar-refractivity contribution in [3.63, 3.8) is 0 Å². The summed E-state index contributed by atoms with van der Waals surface area (Å²) in [4.78, 5) is 4.18. The number of aryl methyl sites for hydroxylation is 2. The molecule has 0 aliphatic rings. The first-order valence-corrected chi connectivity index (χ1v) is 10.2. The lowest BCUT2D eigenvalue weighted by Gasteiger charge is -2.18. The maximum atomic E-state index is 12.1. The standard InChI is InChI=1S/C17H30N4O2S.HI/c1-5-14-10-9-11-15(6-2)16(14)20-17(18)19-12-13-24(22,23)21(7-3)8-4;/h9-11H,5-8,12-13H2,1-4H3,(H3,18,19,20);1H. The van der Waals surface area contributed by atoms with Gasteiger partial charge in [0, 0.05) is 18.8 Å². The van der Waals surface area contributed by atoms with E-state index >= 15 is 0 Å². The van der Waals surface area contributed by atoms with Gasteiger partial charge in [0.15, 0.2) is 5.96 Å². The number of hydrogen-bond acceptors (Lipinski definition) is 3. The minimum absolute atomic E-state index is 0. The Balaban J connectivity index is 0.00000576. The maximum absolute atomic E-state index is 12.1. The highest BCUT2D eigenvalue weighted by Gasteiger charge is 2.17. The summed E-state index contributed by atoms with van der Waals surface area (Å²) < 4.78 is 25.7. The molecule has 0 amide bonds. The van der Waals surface area contributed by atoms with E-state index in [9.17, 15) is 8.42 Å². The lowest BCUT2D eigenvalue weighted by Crippen LogP contribution is -2.34. The molecule has 0 heterocycles. The number of para-hydroxylation sites is 1. The molecule has 0 atom stereocenters. The summed E-state index contributed by atoms with van der Waals surface area (Å²) in [5.41, 5.74) is 9.28. The van der Waals surface area contributed by atoms with Gasteiger partial charge < -0.3 is 11.1 Å². The van der Waals surface area contributed by atoms with Crippen molar-refractivity contribution in [2.24, 2.45) is 10.7 Å². The van der Waals surface area contributed by atoms with E-state index in [2.05, 4.69) is 36.3 Å². The molecule has 0 aliphatic heterocycles. The number of rotatable bonds is 9. The van der Waals surface area contributed by atoms with Gasteiger partial charge in [-0.1, -0.05) is 45.9 Å². The molecule has 144 valence electrons. The minimum Gasteiger partial charge on any atom is -0.370 e. The van der Waals surface area contributed by atoms with Gasteiger partial charge in [-0.05, 0) is 24.0 Å². The van der Waals surface area contributed by atoms with Crippen LogP contribution < -0.4 is 11.1 Å². The monoisotopic (exact) mass is 482 g/mol. The van der Waals surface area contributed by atoms with Crippen LogP contribution >= 0.6 is 24.0 Å². The molecule has 0 saturated carbocycles. The molecular weight excluding hydrogens is 451 g/mol. The topological polar surface area (TPSA) is 87.8 Å². The Hall–Kier alpha value is -0.870. The second-order valence-electron chi connectivity index (χ2n) is 5.45. The van der Waals surface area contributed by atoms with Gasteiger partial charge in [0.05, 0.1) is 12.3 Å². The molecule has 0 bridgehead atoms. The summed E-state index contributed by atoms with van der Waals surface area (Å²) in [6.07, 6.45) is 1.78. The maximum Gasteiger partial charge on any atom is 0.215 e. The highest BCUT2D eigenvalue weighted by atomic mass is 127. The highest BCUT2D eigenvalue weighted by Crippen LogP contribution is 2.22. The number of guanidine groups is 1. The summed E-state index contributed by atoms with van der Waals surface area (Å²) >= 11 is 0. The summed E-state index contributed by atoms with van der Waals surface area (Å²) in [6.45, 7) is 8.92. The molecule has 25 heavy (non-hydrogen) atoms. The van der Waals surface area contributed by atoms with Gasteiger partial charge in [-0.2, -0.15) is 0 Å². The van der Waals surface area contributed by atoms with Gasteiger partial charge in [-0.15, -0.1) is 24.0 Å². The molecular formula is C17H31IN4O2S. The normalized spacial score (nSPS) is 12.1. The van der Waals surface area contributed by atoms with Crippen LogP contribution in [0, 0.1) is 0 Å². The minimum atomic E-state index is -3.27. The van der Waals surface area contributed by atoms with Crippen molar-refractivity contribution in [3.8, 4) is 0 Å². The SMILES string of the molecule is CCc1cccc(CC)c1NC(N)=NCCS(=O)(=O)N(CC)CC.I. The van der Waals surface area contributed by atoms with Crippen LogP contribution in [-0.2, 0) is 22.9 Å². The third-order valence-electron chi connectivity index (χ3n) is 3.98. The number of sulfonamides is 1. The van der Waals surface area contributed by atoms with E-state index in [1.54, 1.807) is 0 Å². The Labute approximate surface area is 169 Å². The van der Waals surface area contributed by atoms with Crippen LogP contribution in [0.1, 0.15) is 38.8 Å². The lowest BCUT2D eigenvalue weighted by molar-refractivity contribution is 0.445. The fraction of sp³-hybridized carbons (Fsp3) is 0.588. The zero-order valence-electron chi connectivity index (χ0n) is 15.6. The van der Waals surface area contributed by atoms with Gasteiger partial charge in [0.1, 0.15) is 0 Å². The zero-order chi connectivity index (χ0) is 18.2. The number of hydrogen-bond donors (Lipinski definition) is 2. The second kappa shape index (κ2) is 11.7. The van der Waals surface area contributed by atoms with E-state index in [4.69, 9.17) is 5.73 Å². The number of benzene rings is 1. The average molecular weight is 482 g/mol. The Morgan fingerprint density at radius 2 is 1.64 bits per heavy atom. The van der Waals surface area contributed by atoms with Crippen LogP contribution in [0.5, 0.6) is 0 Å². The number of anilines is 1. The second-order valence-corrected chi connectivity index (χ2v) is 7.54. The van der Waals surface area contributed by atoms with Crippen LogP contribution in [0.3, 0.4) is 0 Å². The third kappa shape index (κ3) is 7.10. The molecule has 0 saturated heterocycles. The van der Waals surface area contributed by atoms with Gasteiger partial charge in [-0.3, -0.25) is 4.99 Å². The van der Waals surface area contributed by atoms with Crippen LogP contribution in [-0.4, -0.2) is 44.1 Å². The number of aliphatic imine (C=N–C) groups is 1. The van der Waals surface area contributed by atoms with Crippen LogP contribution in [0.25, 0.3) is 0 Å². The molecule has 0 spiro atoms. The molecule has 0 unspecified atom stereocenters. The first-order valence-electron chi connectivity index (χ1n) is 8.55. The molecule has 0 aliphatic carbocycles. The van der Waals surface area contributed by atoms with E-state index in [1.807, 2.05) is 19.9 Å². The molecule has 0 aromatic heterocycles. The lowest BCUT2D eigenvalue weighted by atomic mass is 10.0. The van der Waals surface area contributed by atoms with E-state index < -0.39 is 10.0 Å². The number of nitrogens with one attached hydrogen (secondary N) is 1. The number of nitrogens with zero attached hydrogens (tertiary/aromatic N) is 2. The average Bonchev–Trinajstić information content (AvgIpc) is 2.55. The third-order valence-corrected chi connectivity index (χ3v) is 5.98. The van der Waals surface area contributed by atoms with Gasteiger partial charge in [-0.25, -0.2) is 12.7 Å². The number of nitrogens with two attached hydrogens (primary N) is 1. The van der Waals surface area contributed by atoms with Crippen LogP contribution in [0.4, 0.5) is 5.69 Å². The van der Waals surface area contributed by atoms with Crippen molar-refractivity contribution in [1.82, 2.24) is 4.31 Å². The summed E-state index contributed by atoms with van der Waals surface area (Å²) in [5.74, 6) is 0.216.